The van der Waals surface area contributed by atoms with Gasteiger partial charge < -0.3 is 14.8 Å². The lowest BCUT2D eigenvalue weighted by Gasteiger charge is -2.06. The summed E-state index contributed by atoms with van der Waals surface area (Å²) >= 11 is 5.78. The molecule has 2 aromatic rings. The molecule has 0 saturated heterocycles. The molecule has 0 atom stereocenters. The number of benzene rings is 1. The van der Waals surface area contributed by atoms with E-state index in [2.05, 4.69) is 15.2 Å². The number of hydrogen-bond acceptors (Lipinski definition) is 5. The summed E-state index contributed by atoms with van der Waals surface area (Å²) in [6, 6.07) is 8.42. The quantitative estimate of drug-likeness (QED) is 0.814. The number of methoxy groups -OCH3 is 1. The van der Waals surface area contributed by atoms with Gasteiger partial charge in [0.1, 0.15) is 18.0 Å². The average Bonchev–Trinajstić information content (AvgIpc) is 3.00. The molecule has 0 spiro atoms. The lowest BCUT2D eigenvalue weighted by atomic mass is 10.3. The van der Waals surface area contributed by atoms with Crippen molar-refractivity contribution in [2.24, 2.45) is 0 Å². The van der Waals surface area contributed by atoms with Gasteiger partial charge >= 0.3 is 5.97 Å². The molecule has 0 aliphatic carbocycles. The minimum Gasteiger partial charge on any atom is -0.471 e. The highest BCUT2D eigenvalue weighted by molar-refractivity contribution is 6.30. The Morgan fingerprint density at radius 2 is 2.00 bits per heavy atom. The molecule has 8 heteroatoms. The Balaban J connectivity index is 1.86. The van der Waals surface area contributed by atoms with Gasteiger partial charge in [0.15, 0.2) is 6.73 Å². The Bertz CT molecular complexity index is 654. The molecule has 22 heavy (non-hydrogen) atoms. The lowest BCUT2D eigenvalue weighted by molar-refractivity contribution is -0.139. The van der Waals surface area contributed by atoms with E-state index < -0.39 is 11.9 Å². The predicted octanol–water partition coefficient (Wildman–Crippen LogP) is 1.48. The molecule has 0 fully saturated rings. The van der Waals surface area contributed by atoms with Gasteiger partial charge in [-0.3, -0.25) is 9.59 Å². The van der Waals surface area contributed by atoms with E-state index in [0.717, 1.165) is 0 Å². The first-order valence-corrected chi connectivity index (χ1v) is 6.73. The van der Waals surface area contributed by atoms with E-state index in [0.29, 0.717) is 10.8 Å². The Labute approximate surface area is 131 Å². The zero-order chi connectivity index (χ0) is 15.9. The molecule has 1 heterocycles. The third-order valence-corrected chi connectivity index (χ3v) is 2.92. The summed E-state index contributed by atoms with van der Waals surface area (Å²) < 4.78 is 11.4. The summed E-state index contributed by atoms with van der Waals surface area (Å²) in [6.07, 6.45) is 1.60. The molecule has 7 nitrogen and oxygen atoms in total. The molecule has 0 aliphatic rings. The number of hydrogen-bond donors (Lipinski definition) is 1. The van der Waals surface area contributed by atoms with Gasteiger partial charge in [0.2, 0.25) is 0 Å². The highest BCUT2D eigenvalue weighted by atomic mass is 35.5. The number of ether oxygens (including phenoxy) is 2. The fraction of sp³-hybridized carbons (Fsp3) is 0.214. The zero-order valence-electron chi connectivity index (χ0n) is 11.8. The largest absolute Gasteiger partial charge is 0.471 e. The van der Waals surface area contributed by atoms with E-state index in [1.54, 1.807) is 30.5 Å². The van der Waals surface area contributed by atoms with Crippen LogP contribution >= 0.6 is 11.6 Å². The van der Waals surface area contributed by atoms with Crippen LogP contribution in [0.3, 0.4) is 0 Å². The van der Waals surface area contributed by atoms with Crippen molar-refractivity contribution in [1.82, 2.24) is 15.1 Å². The number of nitrogens with zero attached hydrogens (tertiary/aromatic N) is 2. The number of aromatic nitrogens is 2. The van der Waals surface area contributed by atoms with Crippen LogP contribution < -0.4 is 10.1 Å². The molecule has 1 aromatic carbocycles. The van der Waals surface area contributed by atoms with E-state index in [4.69, 9.17) is 16.3 Å². The molecule has 1 aromatic heterocycles. The summed E-state index contributed by atoms with van der Waals surface area (Å²) in [5.41, 5.74) is 0.184. The number of rotatable bonds is 6. The van der Waals surface area contributed by atoms with Crippen LogP contribution in [0.15, 0.2) is 36.5 Å². The maximum Gasteiger partial charge on any atom is 0.325 e. The topological polar surface area (TPSA) is 82.5 Å². The van der Waals surface area contributed by atoms with Crippen LogP contribution in [0.25, 0.3) is 0 Å². The smallest absolute Gasteiger partial charge is 0.325 e. The monoisotopic (exact) mass is 323 g/mol. The van der Waals surface area contributed by atoms with Crippen molar-refractivity contribution in [2.75, 3.05) is 13.7 Å². The van der Waals surface area contributed by atoms with Crippen LogP contribution in [0.4, 0.5) is 0 Å². The Morgan fingerprint density at radius 3 is 2.68 bits per heavy atom. The van der Waals surface area contributed by atoms with Gasteiger partial charge in [-0.1, -0.05) is 11.6 Å². The van der Waals surface area contributed by atoms with Crippen molar-refractivity contribution >= 4 is 23.5 Å². The van der Waals surface area contributed by atoms with Crippen LogP contribution in [0.2, 0.25) is 5.02 Å². The third kappa shape index (κ3) is 4.49. The normalized spacial score (nSPS) is 10.1. The van der Waals surface area contributed by atoms with E-state index in [-0.39, 0.29) is 19.0 Å². The average molecular weight is 324 g/mol. The first-order valence-electron chi connectivity index (χ1n) is 6.35. The second-order valence-electron chi connectivity index (χ2n) is 4.23. The van der Waals surface area contributed by atoms with Gasteiger partial charge in [0.25, 0.3) is 5.91 Å². The van der Waals surface area contributed by atoms with Crippen LogP contribution in [0, 0.1) is 0 Å². The number of amides is 1. The Hall–Kier alpha value is -2.54. The highest BCUT2D eigenvalue weighted by Gasteiger charge is 2.11. The SMILES string of the molecule is COC(=O)CNC(=O)c1ccn(COc2ccc(Cl)cc2)n1. The van der Waals surface area contributed by atoms with Gasteiger partial charge in [-0.15, -0.1) is 0 Å². The van der Waals surface area contributed by atoms with E-state index in [1.165, 1.54) is 17.9 Å². The fourth-order valence-corrected chi connectivity index (χ4v) is 1.67. The molecule has 0 radical (unpaired) electrons. The summed E-state index contributed by atoms with van der Waals surface area (Å²) in [5.74, 6) is -0.355. The van der Waals surface area contributed by atoms with E-state index >= 15 is 0 Å². The molecule has 2 rings (SSSR count). The molecule has 0 bridgehead atoms. The maximum absolute atomic E-state index is 11.7. The summed E-state index contributed by atoms with van der Waals surface area (Å²) in [7, 11) is 1.25. The molecule has 0 saturated carbocycles. The highest BCUT2D eigenvalue weighted by Crippen LogP contribution is 2.15. The number of halogens is 1. The van der Waals surface area contributed by atoms with Crippen LogP contribution in [0.5, 0.6) is 5.75 Å². The predicted molar refractivity (Wildman–Crippen MR) is 78.7 cm³/mol. The number of nitrogens with one attached hydrogen (secondary N) is 1. The second kappa shape index (κ2) is 7.46. The van der Waals surface area contributed by atoms with Crippen molar-refractivity contribution in [3.63, 3.8) is 0 Å². The summed E-state index contributed by atoms with van der Waals surface area (Å²) in [4.78, 5) is 22.7. The Morgan fingerprint density at radius 1 is 1.27 bits per heavy atom. The molecule has 1 amide bonds. The van der Waals surface area contributed by atoms with Crippen molar-refractivity contribution in [1.29, 1.82) is 0 Å². The van der Waals surface area contributed by atoms with Crippen LogP contribution in [-0.2, 0) is 16.3 Å². The van der Waals surface area contributed by atoms with Crippen LogP contribution in [-0.4, -0.2) is 35.3 Å². The molecule has 116 valence electrons. The van der Waals surface area contributed by atoms with Crippen molar-refractivity contribution < 1.29 is 19.1 Å². The zero-order valence-corrected chi connectivity index (χ0v) is 12.5. The maximum atomic E-state index is 11.7. The summed E-state index contributed by atoms with van der Waals surface area (Å²) in [6.45, 7) is -0.0601. The third-order valence-electron chi connectivity index (χ3n) is 2.67. The minimum atomic E-state index is -0.529. The molecular formula is C14H14ClN3O4. The number of esters is 1. The van der Waals surface area contributed by atoms with E-state index in [1.807, 2.05) is 0 Å². The Kier molecular flexibility index (Phi) is 5.37. The fourth-order valence-electron chi connectivity index (χ4n) is 1.54. The molecule has 0 aliphatic heterocycles. The van der Waals surface area contributed by atoms with Gasteiger partial charge in [0.05, 0.1) is 7.11 Å². The molecule has 1 N–H and O–H groups in total. The first kappa shape index (κ1) is 15.8. The lowest BCUT2D eigenvalue weighted by Crippen LogP contribution is -2.30. The first-order chi connectivity index (χ1) is 10.6. The van der Waals surface area contributed by atoms with Gasteiger partial charge in [-0.05, 0) is 30.3 Å². The van der Waals surface area contributed by atoms with Crippen molar-refractivity contribution in [2.45, 2.75) is 6.73 Å². The molecule has 0 unspecified atom stereocenters. The van der Waals surface area contributed by atoms with Crippen molar-refractivity contribution in [3.05, 3.63) is 47.2 Å². The number of carbonyl (C=O) groups is 2. The standard InChI is InChI=1S/C14H14ClN3O4/c1-21-13(19)8-16-14(20)12-6-7-18(17-12)9-22-11-4-2-10(15)3-5-11/h2-7H,8-9H2,1H3,(H,16,20). The minimum absolute atomic E-state index is 0.145. The summed E-state index contributed by atoms with van der Waals surface area (Å²) in [5, 5.41) is 7.07. The molecular weight excluding hydrogens is 310 g/mol. The van der Waals surface area contributed by atoms with E-state index in [9.17, 15) is 9.59 Å². The number of carbonyl (C=O) groups excluding carboxylic acids is 2. The second-order valence-corrected chi connectivity index (χ2v) is 4.66. The van der Waals surface area contributed by atoms with Gasteiger partial charge in [-0.25, -0.2) is 4.68 Å². The van der Waals surface area contributed by atoms with Crippen molar-refractivity contribution in [3.8, 4) is 5.75 Å². The van der Waals surface area contributed by atoms with Gasteiger partial charge in [-0.2, -0.15) is 5.10 Å². The van der Waals surface area contributed by atoms with Gasteiger partial charge in [0, 0.05) is 11.2 Å². The van der Waals surface area contributed by atoms with Crippen LogP contribution in [0.1, 0.15) is 10.5 Å².